The van der Waals surface area contributed by atoms with E-state index in [4.69, 9.17) is 9.47 Å². The van der Waals surface area contributed by atoms with E-state index in [0.29, 0.717) is 43.2 Å². The van der Waals surface area contributed by atoms with E-state index in [1.807, 2.05) is 6.07 Å². The Bertz CT molecular complexity index is 805. The van der Waals surface area contributed by atoms with Gasteiger partial charge in [0.15, 0.2) is 0 Å². The zero-order chi connectivity index (χ0) is 19.2. The second kappa shape index (κ2) is 8.53. The topological polar surface area (TPSA) is 59.1 Å². The molecule has 27 heavy (non-hydrogen) atoms. The van der Waals surface area contributed by atoms with Crippen molar-refractivity contribution in [3.8, 4) is 11.5 Å². The summed E-state index contributed by atoms with van der Waals surface area (Å²) >= 11 is 0. The molecule has 0 radical (unpaired) electrons. The van der Waals surface area contributed by atoms with Crippen LogP contribution >= 0.6 is 0 Å². The molecule has 2 amide bonds. The SMILES string of the molecule is COc1ccc(F)cc1CC(=O)N1CCN(C(=O)Oc2ccccc2)CC1. The van der Waals surface area contributed by atoms with Crippen LogP contribution in [0.3, 0.4) is 0 Å². The van der Waals surface area contributed by atoms with E-state index in [9.17, 15) is 14.0 Å². The first-order valence-electron chi connectivity index (χ1n) is 8.69. The van der Waals surface area contributed by atoms with Crippen LogP contribution < -0.4 is 9.47 Å². The number of amides is 2. The number of hydrogen-bond acceptors (Lipinski definition) is 4. The summed E-state index contributed by atoms with van der Waals surface area (Å²) in [4.78, 5) is 28.0. The Morgan fingerprint density at radius 1 is 1.00 bits per heavy atom. The third-order valence-corrected chi connectivity index (χ3v) is 4.42. The average Bonchev–Trinajstić information content (AvgIpc) is 2.69. The Morgan fingerprint density at radius 3 is 2.33 bits per heavy atom. The van der Waals surface area contributed by atoms with Gasteiger partial charge in [0.2, 0.25) is 5.91 Å². The normalized spacial score (nSPS) is 14.0. The number of ether oxygens (including phenoxy) is 2. The van der Waals surface area contributed by atoms with Crippen LogP contribution in [0.15, 0.2) is 48.5 Å². The van der Waals surface area contributed by atoms with Gasteiger partial charge < -0.3 is 19.3 Å². The second-order valence-corrected chi connectivity index (χ2v) is 6.18. The summed E-state index contributed by atoms with van der Waals surface area (Å²) in [5, 5.41) is 0. The van der Waals surface area contributed by atoms with E-state index in [2.05, 4.69) is 0 Å². The highest BCUT2D eigenvalue weighted by Gasteiger charge is 2.26. The Labute approximate surface area is 157 Å². The molecule has 0 N–H and O–H groups in total. The van der Waals surface area contributed by atoms with E-state index in [1.165, 1.54) is 25.3 Å². The molecule has 1 aliphatic heterocycles. The second-order valence-electron chi connectivity index (χ2n) is 6.18. The number of carbonyl (C=O) groups excluding carboxylic acids is 2. The van der Waals surface area contributed by atoms with Crippen LogP contribution in [0, 0.1) is 5.82 Å². The smallest absolute Gasteiger partial charge is 0.415 e. The van der Waals surface area contributed by atoms with Crippen LogP contribution in [0.4, 0.5) is 9.18 Å². The summed E-state index contributed by atoms with van der Waals surface area (Å²) in [6.45, 7) is 1.58. The first kappa shape index (κ1) is 18.7. The van der Waals surface area contributed by atoms with E-state index in [1.54, 1.807) is 34.1 Å². The van der Waals surface area contributed by atoms with Crippen LogP contribution in [0.5, 0.6) is 11.5 Å². The minimum Gasteiger partial charge on any atom is -0.496 e. The van der Waals surface area contributed by atoms with Gasteiger partial charge in [-0.3, -0.25) is 4.79 Å². The van der Waals surface area contributed by atoms with Gasteiger partial charge >= 0.3 is 6.09 Å². The molecule has 0 aromatic heterocycles. The molecule has 0 saturated carbocycles. The van der Waals surface area contributed by atoms with Crippen molar-refractivity contribution in [3.63, 3.8) is 0 Å². The molecule has 0 unspecified atom stereocenters. The number of benzene rings is 2. The van der Waals surface area contributed by atoms with Crippen molar-refractivity contribution in [1.82, 2.24) is 9.80 Å². The van der Waals surface area contributed by atoms with E-state index in [0.717, 1.165) is 0 Å². The predicted octanol–water partition coefficient (Wildman–Crippen LogP) is 2.72. The van der Waals surface area contributed by atoms with Gasteiger partial charge in [-0.1, -0.05) is 18.2 Å². The van der Waals surface area contributed by atoms with Gasteiger partial charge in [0.25, 0.3) is 0 Å². The monoisotopic (exact) mass is 372 g/mol. The highest BCUT2D eigenvalue weighted by atomic mass is 19.1. The van der Waals surface area contributed by atoms with Gasteiger partial charge in [-0.15, -0.1) is 0 Å². The molecule has 0 bridgehead atoms. The standard InChI is InChI=1S/C20H21FN2O4/c1-26-18-8-7-16(21)13-15(18)14-19(24)22-9-11-23(12-10-22)20(25)27-17-5-3-2-4-6-17/h2-8,13H,9-12,14H2,1H3. The summed E-state index contributed by atoms with van der Waals surface area (Å²) < 4.78 is 24.0. The van der Waals surface area contributed by atoms with Crippen molar-refractivity contribution >= 4 is 12.0 Å². The first-order chi connectivity index (χ1) is 13.1. The predicted molar refractivity (Wildman–Crippen MR) is 97.3 cm³/mol. The molecule has 0 atom stereocenters. The average molecular weight is 372 g/mol. The Hall–Kier alpha value is -3.09. The van der Waals surface area contributed by atoms with Crippen molar-refractivity contribution in [2.24, 2.45) is 0 Å². The lowest BCUT2D eigenvalue weighted by Crippen LogP contribution is -2.51. The Balaban J connectivity index is 1.53. The summed E-state index contributed by atoms with van der Waals surface area (Å²) in [6, 6.07) is 13.0. The first-order valence-corrected chi connectivity index (χ1v) is 8.69. The van der Waals surface area contributed by atoms with Crippen molar-refractivity contribution < 1.29 is 23.5 Å². The lowest BCUT2D eigenvalue weighted by molar-refractivity contribution is -0.132. The van der Waals surface area contributed by atoms with Gasteiger partial charge in [0.05, 0.1) is 13.5 Å². The number of carbonyl (C=O) groups is 2. The van der Waals surface area contributed by atoms with Crippen LogP contribution in [0.1, 0.15) is 5.56 Å². The Morgan fingerprint density at radius 2 is 1.67 bits per heavy atom. The van der Waals surface area contributed by atoms with E-state index >= 15 is 0 Å². The van der Waals surface area contributed by atoms with Crippen molar-refractivity contribution in [2.45, 2.75) is 6.42 Å². The largest absolute Gasteiger partial charge is 0.496 e. The molecule has 0 spiro atoms. The lowest BCUT2D eigenvalue weighted by atomic mass is 10.1. The van der Waals surface area contributed by atoms with Crippen LogP contribution in [0.2, 0.25) is 0 Å². The molecule has 1 saturated heterocycles. The molecule has 2 aromatic rings. The zero-order valence-electron chi connectivity index (χ0n) is 15.1. The fraction of sp³-hybridized carbons (Fsp3) is 0.300. The molecular weight excluding hydrogens is 351 g/mol. The third-order valence-electron chi connectivity index (χ3n) is 4.42. The summed E-state index contributed by atoms with van der Waals surface area (Å²) in [5.41, 5.74) is 0.508. The van der Waals surface area contributed by atoms with Gasteiger partial charge in [-0.2, -0.15) is 0 Å². The van der Waals surface area contributed by atoms with Crippen molar-refractivity contribution in [1.29, 1.82) is 0 Å². The number of para-hydroxylation sites is 1. The highest BCUT2D eigenvalue weighted by Crippen LogP contribution is 2.21. The van der Waals surface area contributed by atoms with Gasteiger partial charge in [-0.05, 0) is 30.3 Å². The minimum absolute atomic E-state index is 0.0510. The fourth-order valence-electron chi connectivity index (χ4n) is 2.95. The molecule has 7 heteroatoms. The van der Waals surface area contributed by atoms with Crippen LogP contribution in [-0.2, 0) is 11.2 Å². The van der Waals surface area contributed by atoms with Gasteiger partial charge in [0.1, 0.15) is 17.3 Å². The quantitative estimate of drug-likeness (QED) is 0.828. The van der Waals surface area contributed by atoms with Crippen LogP contribution in [-0.4, -0.2) is 55.1 Å². The molecule has 6 nitrogen and oxygen atoms in total. The molecule has 3 rings (SSSR count). The third kappa shape index (κ3) is 4.75. The molecule has 142 valence electrons. The maximum absolute atomic E-state index is 13.5. The number of piperazine rings is 1. The molecule has 0 aliphatic carbocycles. The van der Waals surface area contributed by atoms with Gasteiger partial charge in [-0.25, -0.2) is 9.18 Å². The highest BCUT2D eigenvalue weighted by molar-refractivity contribution is 5.80. The number of halogens is 1. The van der Waals surface area contributed by atoms with Crippen molar-refractivity contribution in [3.05, 3.63) is 59.9 Å². The van der Waals surface area contributed by atoms with E-state index in [-0.39, 0.29) is 12.3 Å². The van der Waals surface area contributed by atoms with Crippen molar-refractivity contribution in [2.75, 3.05) is 33.3 Å². The van der Waals surface area contributed by atoms with E-state index < -0.39 is 11.9 Å². The molecule has 1 heterocycles. The summed E-state index contributed by atoms with van der Waals surface area (Å²) in [5.74, 6) is 0.427. The minimum atomic E-state index is -0.430. The Kier molecular flexibility index (Phi) is 5.90. The van der Waals surface area contributed by atoms with Crippen LogP contribution in [0.25, 0.3) is 0 Å². The fourth-order valence-corrected chi connectivity index (χ4v) is 2.95. The summed E-state index contributed by atoms with van der Waals surface area (Å²) in [7, 11) is 1.48. The van der Waals surface area contributed by atoms with Gasteiger partial charge in [0, 0.05) is 31.7 Å². The lowest BCUT2D eigenvalue weighted by Gasteiger charge is -2.34. The number of rotatable bonds is 4. The molecule has 1 aliphatic rings. The molecular formula is C20H21FN2O4. The number of hydrogen-bond donors (Lipinski definition) is 0. The maximum Gasteiger partial charge on any atom is 0.415 e. The zero-order valence-corrected chi connectivity index (χ0v) is 15.1. The number of methoxy groups -OCH3 is 1. The summed E-state index contributed by atoms with van der Waals surface area (Å²) in [6.07, 6.45) is -0.379. The maximum atomic E-state index is 13.5. The number of nitrogens with zero attached hydrogens (tertiary/aromatic N) is 2. The molecule has 1 fully saturated rings. The molecule has 2 aromatic carbocycles.